The molecule has 2 heterocycles. The summed E-state index contributed by atoms with van der Waals surface area (Å²) in [4.78, 5) is 10.3. The molecule has 0 unspecified atom stereocenters. The van der Waals surface area contributed by atoms with E-state index in [9.17, 15) is 0 Å². The number of hydrogen-bond acceptors (Lipinski definition) is 2. The third-order valence-electron chi connectivity index (χ3n) is 13.2. The van der Waals surface area contributed by atoms with Gasteiger partial charge in [0.1, 0.15) is 0 Å². The van der Waals surface area contributed by atoms with Crippen LogP contribution >= 0.6 is 0 Å². The molecule has 11 aromatic rings. The molecule has 9 aromatic carbocycles. The standard InChI is InChI=1S/C61H43N3/c1-61(2)54-31-11-9-27-50(54)52-30-16-29-49(59(52)61)46-24-14-23-44(36-46)42-21-13-22-43(35-42)45-33-34-58-53(38-45)51-28-10-12-32-57(51)64(58)48-26-15-25-47(37-48)60-62-55(40-17-5-3-6-18-40)39-56(63-60)41-19-7-4-8-20-41/h3-39H,1-2H3. The Kier molecular flexibility index (Phi) is 8.84. The Balaban J connectivity index is 0.922. The molecule has 0 saturated heterocycles. The second kappa shape index (κ2) is 15.0. The molecule has 0 fully saturated rings. The molecule has 12 rings (SSSR count). The molecule has 0 N–H and O–H groups in total. The van der Waals surface area contributed by atoms with E-state index >= 15 is 0 Å². The Morgan fingerprint density at radius 3 is 1.59 bits per heavy atom. The minimum absolute atomic E-state index is 0.0848. The first kappa shape index (κ1) is 37.6. The van der Waals surface area contributed by atoms with E-state index in [1.807, 2.05) is 12.1 Å². The van der Waals surface area contributed by atoms with Crippen LogP contribution in [0.25, 0.3) is 106 Å². The SMILES string of the molecule is CC1(C)c2ccccc2-c2cccc(-c3cccc(-c4cccc(-c5ccc6c(c5)c5ccccc5n6-c5cccc(-c6nc(-c7ccccc7)cc(-c7ccccc7)n6)c5)c4)c3)c21. The van der Waals surface area contributed by atoms with Crippen molar-refractivity contribution in [1.29, 1.82) is 0 Å². The van der Waals surface area contributed by atoms with Crippen LogP contribution < -0.4 is 0 Å². The molecular weight excluding hydrogens is 775 g/mol. The zero-order valence-corrected chi connectivity index (χ0v) is 35.7. The molecule has 2 aromatic heterocycles. The quantitative estimate of drug-likeness (QED) is 0.160. The minimum atomic E-state index is -0.0848. The van der Waals surface area contributed by atoms with Crippen LogP contribution in [0.15, 0.2) is 224 Å². The topological polar surface area (TPSA) is 30.7 Å². The van der Waals surface area contributed by atoms with Crippen LogP contribution in [0.3, 0.4) is 0 Å². The average molecular weight is 818 g/mol. The maximum Gasteiger partial charge on any atom is 0.160 e. The van der Waals surface area contributed by atoms with Crippen molar-refractivity contribution in [2.24, 2.45) is 0 Å². The first-order valence-corrected chi connectivity index (χ1v) is 22.1. The number of rotatable bonds is 7. The highest BCUT2D eigenvalue weighted by Crippen LogP contribution is 2.52. The molecule has 0 saturated carbocycles. The van der Waals surface area contributed by atoms with Gasteiger partial charge in [0.05, 0.1) is 22.4 Å². The third-order valence-corrected chi connectivity index (χ3v) is 13.2. The summed E-state index contributed by atoms with van der Waals surface area (Å²) in [5.41, 5.74) is 20.9. The lowest BCUT2D eigenvalue weighted by molar-refractivity contribution is 0.662. The fourth-order valence-electron chi connectivity index (χ4n) is 10.1. The highest BCUT2D eigenvalue weighted by atomic mass is 15.0. The Morgan fingerprint density at radius 1 is 0.344 bits per heavy atom. The molecule has 1 aliphatic rings. The first-order chi connectivity index (χ1) is 31.5. The van der Waals surface area contributed by atoms with Gasteiger partial charge >= 0.3 is 0 Å². The van der Waals surface area contributed by atoms with Crippen LogP contribution in [0, 0.1) is 0 Å². The average Bonchev–Trinajstić information content (AvgIpc) is 3.82. The maximum absolute atomic E-state index is 5.15. The summed E-state index contributed by atoms with van der Waals surface area (Å²) in [6.45, 7) is 4.73. The predicted molar refractivity (Wildman–Crippen MR) is 267 cm³/mol. The van der Waals surface area contributed by atoms with Crippen LogP contribution in [0.1, 0.15) is 25.0 Å². The molecule has 64 heavy (non-hydrogen) atoms. The number of nitrogens with zero attached hydrogens (tertiary/aromatic N) is 3. The van der Waals surface area contributed by atoms with Gasteiger partial charge in [-0.25, -0.2) is 9.97 Å². The van der Waals surface area contributed by atoms with Crippen LogP contribution in [-0.2, 0) is 5.41 Å². The molecule has 0 aliphatic heterocycles. The van der Waals surface area contributed by atoms with Gasteiger partial charge in [-0.3, -0.25) is 0 Å². The molecule has 0 spiro atoms. The van der Waals surface area contributed by atoms with Crippen molar-refractivity contribution in [2.45, 2.75) is 19.3 Å². The van der Waals surface area contributed by atoms with Gasteiger partial charge in [0, 0.05) is 38.6 Å². The minimum Gasteiger partial charge on any atom is -0.309 e. The second-order valence-corrected chi connectivity index (χ2v) is 17.4. The molecular formula is C61H43N3. The van der Waals surface area contributed by atoms with Gasteiger partial charge in [0.25, 0.3) is 0 Å². The van der Waals surface area contributed by atoms with E-state index in [-0.39, 0.29) is 5.41 Å². The summed E-state index contributed by atoms with van der Waals surface area (Å²) in [7, 11) is 0. The second-order valence-electron chi connectivity index (χ2n) is 17.4. The Labute approximate surface area is 373 Å². The molecule has 3 heteroatoms. The summed E-state index contributed by atoms with van der Waals surface area (Å²) in [6.07, 6.45) is 0. The zero-order valence-electron chi connectivity index (χ0n) is 35.7. The highest BCUT2D eigenvalue weighted by Gasteiger charge is 2.37. The van der Waals surface area contributed by atoms with Crippen LogP contribution in [-0.4, -0.2) is 14.5 Å². The van der Waals surface area contributed by atoms with Crippen LogP contribution in [0.5, 0.6) is 0 Å². The Hall–Kier alpha value is -8.14. The van der Waals surface area contributed by atoms with Crippen LogP contribution in [0.4, 0.5) is 0 Å². The Morgan fingerprint density at radius 2 is 0.859 bits per heavy atom. The number of benzene rings is 9. The summed E-state index contributed by atoms with van der Waals surface area (Å²) in [5, 5.41) is 2.42. The normalized spacial score (nSPS) is 12.7. The van der Waals surface area contributed by atoms with Crippen molar-refractivity contribution in [3.05, 3.63) is 236 Å². The van der Waals surface area contributed by atoms with Gasteiger partial charge < -0.3 is 4.57 Å². The van der Waals surface area contributed by atoms with Crippen molar-refractivity contribution in [2.75, 3.05) is 0 Å². The first-order valence-electron chi connectivity index (χ1n) is 22.1. The zero-order chi connectivity index (χ0) is 42.8. The smallest absolute Gasteiger partial charge is 0.160 e. The van der Waals surface area contributed by atoms with Crippen molar-refractivity contribution in [1.82, 2.24) is 14.5 Å². The number of aromatic nitrogens is 3. The summed E-state index contributed by atoms with van der Waals surface area (Å²) in [5.74, 6) is 0.692. The van der Waals surface area contributed by atoms with Crippen molar-refractivity contribution in [3.8, 4) is 84.1 Å². The number of para-hydroxylation sites is 1. The fourth-order valence-corrected chi connectivity index (χ4v) is 10.1. The fraction of sp³-hybridized carbons (Fsp3) is 0.0492. The third kappa shape index (κ3) is 6.28. The van der Waals surface area contributed by atoms with Gasteiger partial charge in [-0.15, -0.1) is 0 Å². The molecule has 0 atom stereocenters. The van der Waals surface area contributed by atoms with E-state index in [1.165, 1.54) is 66.4 Å². The monoisotopic (exact) mass is 817 g/mol. The van der Waals surface area contributed by atoms with E-state index in [2.05, 4.69) is 231 Å². The number of hydrogen-bond donors (Lipinski definition) is 0. The van der Waals surface area contributed by atoms with Crippen molar-refractivity contribution < 1.29 is 0 Å². The predicted octanol–water partition coefficient (Wildman–Crippen LogP) is 15.9. The molecule has 302 valence electrons. The summed E-state index contributed by atoms with van der Waals surface area (Å²) in [6, 6.07) is 80.8. The lowest BCUT2D eigenvalue weighted by Crippen LogP contribution is -2.16. The van der Waals surface area contributed by atoms with Crippen molar-refractivity contribution >= 4 is 21.8 Å². The van der Waals surface area contributed by atoms with Gasteiger partial charge in [-0.1, -0.05) is 190 Å². The van der Waals surface area contributed by atoms with Crippen LogP contribution in [0.2, 0.25) is 0 Å². The lowest BCUT2D eigenvalue weighted by Gasteiger charge is -2.24. The molecule has 1 aliphatic carbocycles. The van der Waals surface area contributed by atoms with Gasteiger partial charge in [0.2, 0.25) is 0 Å². The van der Waals surface area contributed by atoms with E-state index in [0.717, 1.165) is 44.8 Å². The van der Waals surface area contributed by atoms with Crippen molar-refractivity contribution in [3.63, 3.8) is 0 Å². The number of fused-ring (bicyclic) bond motifs is 6. The van der Waals surface area contributed by atoms with Gasteiger partial charge in [0.15, 0.2) is 5.82 Å². The lowest BCUT2D eigenvalue weighted by atomic mass is 9.78. The molecule has 3 nitrogen and oxygen atoms in total. The largest absolute Gasteiger partial charge is 0.309 e. The van der Waals surface area contributed by atoms with Gasteiger partial charge in [-0.05, 0) is 104 Å². The summed E-state index contributed by atoms with van der Waals surface area (Å²) >= 11 is 0. The molecule has 0 radical (unpaired) electrons. The van der Waals surface area contributed by atoms with E-state index in [4.69, 9.17) is 9.97 Å². The highest BCUT2D eigenvalue weighted by molar-refractivity contribution is 6.10. The van der Waals surface area contributed by atoms with Gasteiger partial charge in [-0.2, -0.15) is 0 Å². The molecule has 0 bridgehead atoms. The summed E-state index contributed by atoms with van der Waals surface area (Å²) < 4.78 is 2.37. The maximum atomic E-state index is 5.15. The van der Waals surface area contributed by atoms with E-state index < -0.39 is 0 Å². The Bertz CT molecular complexity index is 3520. The van der Waals surface area contributed by atoms with E-state index in [1.54, 1.807) is 0 Å². The molecule has 0 amide bonds. The van der Waals surface area contributed by atoms with E-state index in [0.29, 0.717) is 5.82 Å².